The summed E-state index contributed by atoms with van der Waals surface area (Å²) in [6.07, 6.45) is 0.265. The number of carbonyl (C=O) groups excluding carboxylic acids is 6. The summed E-state index contributed by atoms with van der Waals surface area (Å²) in [4.78, 5) is 75.7. The Morgan fingerprint density at radius 2 is 1.49 bits per heavy atom. The van der Waals surface area contributed by atoms with E-state index in [-0.39, 0.29) is 55.6 Å². The Morgan fingerprint density at radius 1 is 0.867 bits per heavy atom. The maximum Gasteiger partial charge on any atom is 0.410 e. The van der Waals surface area contributed by atoms with Crippen molar-refractivity contribution >= 4 is 41.4 Å². The van der Waals surface area contributed by atoms with E-state index in [2.05, 4.69) is 26.6 Å². The Balaban J connectivity index is 2.83. The number of hydrogen-bond acceptors (Lipinski definition) is 7. The highest BCUT2D eigenvalue weighted by Gasteiger charge is 2.34. The van der Waals surface area contributed by atoms with E-state index in [0.29, 0.717) is 17.7 Å². The van der Waals surface area contributed by atoms with E-state index in [0.717, 1.165) is 0 Å². The van der Waals surface area contributed by atoms with Crippen molar-refractivity contribution in [2.45, 2.75) is 85.5 Å². The number of nitrogens with zero attached hydrogens (tertiary/aromatic N) is 1. The Morgan fingerprint density at radius 3 is 2.00 bits per heavy atom. The summed E-state index contributed by atoms with van der Waals surface area (Å²) in [5, 5.41) is 13.3. The lowest BCUT2D eigenvalue weighted by Crippen LogP contribution is -2.56. The molecule has 0 radical (unpaired) electrons. The smallest absolute Gasteiger partial charge is 0.410 e. The van der Waals surface area contributed by atoms with E-state index >= 15 is 0 Å². The molecule has 0 bridgehead atoms. The lowest BCUT2D eigenvalue weighted by molar-refractivity contribution is -0.133. The van der Waals surface area contributed by atoms with E-state index in [9.17, 15) is 28.8 Å². The van der Waals surface area contributed by atoms with Crippen LogP contribution >= 0.6 is 0 Å². The predicted octanol–water partition coefficient (Wildman–Crippen LogP) is 2.08. The van der Waals surface area contributed by atoms with Crippen molar-refractivity contribution in [3.05, 3.63) is 29.8 Å². The number of benzene rings is 1. The molecule has 0 aromatic heterocycles. The number of hydrogen-bond donors (Lipinski definition) is 6. The maximum absolute atomic E-state index is 13.1. The second-order valence-corrected chi connectivity index (χ2v) is 12.0. The summed E-state index contributed by atoms with van der Waals surface area (Å²) >= 11 is 0. The molecule has 0 spiro atoms. The first-order valence-corrected chi connectivity index (χ1v) is 15.2. The highest BCUT2D eigenvalue weighted by Crippen LogP contribution is 2.16. The topological polar surface area (TPSA) is 201 Å². The van der Waals surface area contributed by atoms with Gasteiger partial charge < -0.3 is 37.1 Å². The predicted molar refractivity (Wildman–Crippen MR) is 171 cm³/mol. The van der Waals surface area contributed by atoms with Crippen molar-refractivity contribution < 1.29 is 33.5 Å². The lowest BCUT2D eigenvalue weighted by atomic mass is 9.99. The summed E-state index contributed by atoms with van der Waals surface area (Å²) < 4.78 is 5.45. The number of likely N-dealkylation sites (N-methyl/N-ethyl adjacent to an activating group) is 2. The van der Waals surface area contributed by atoms with Crippen molar-refractivity contribution in [1.29, 1.82) is 0 Å². The average Bonchev–Trinajstić information content (AvgIpc) is 2.95. The number of primary amides is 1. The van der Waals surface area contributed by atoms with Crippen LogP contribution in [0.5, 0.6) is 0 Å². The first-order valence-electron chi connectivity index (χ1n) is 15.2. The van der Waals surface area contributed by atoms with Gasteiger partial charge in [0.25, 0.3) is 0 Å². The van der Waals surface area contributed by atoms with Crippen molar-refractivity contribution in [3.63, 3.8) is 0 Å². The van der Waals surface area contributed by atoms with Gasteiger partial charge in [-0.25, -0.2) is 9.59 Å². The average molecular weight is 634 g/mol. The molecule has 7 N–H and O–H groups in total. The normalized spacial score (nSPS) is 13.0. The second-order valence-electron chi connectivity index (χ2n) is 12.0. The molecule has 1 aromatic rings. The van der Waals surface area contributed by atoms with Crippen LogP contribution in [0.15, 0.2) is 24.3 Å². The van der Waals surface area contributed by atoms with Gasteiger partial charge in [0.05, 0.1) is 0 Å². The van der Waals surface area contributed by atoms with Crippen LogP contribution in [0.2, 0.25) is 0 Å². The fourth-order valence-corrected chi connectivity index (χ4v) is 4.54. The zero-order valence-electron chi connectivity index (χ0n) is 27.7. The van der Waals surface area contributed by atoms with Gasteiger partial charge in [0.1, 0.15) is 24.7 Å². The van der Waals surface area contributed by atoms with Crippen LogP contribution in [-0.2, 0) is 30.5 Å². The van der Waals surface area contributed by atoms with Crippen LogP contribution in [0.25, 0.3) is 0 Å². The molecule has 252 valence electrons. The van der Waals surface area contributed by atoms with Crippen LogP contribution < -0.4 is 32.3 Å². The molecule has 14 nitrogen and oxygen atoms in total. The van der Waals surface area contributed by atoms with Gasteiger partial charge in [-0.05, 0) is 48.3 Å². The summed E-state index contributed by atoms with van der Waals surface area (Å²) in [5.41, 5.74) is 6.20. The minimum Gasteiger partial charge on any atom is -0.445 e. The Kier molecular flexibility index (Phi) is 16.4. The van der Waals surface area contributed by atoms with E-state index in [1.165, 1.54) is 19.0 Å². The fraction of sp³-hybridized carbons (Fsp3) is 0.613. The fourth-order valence-electron chi connectivity index (χ4n) is 4.54. The number of ether oxygens (including phenoxy) is 1. The van der Waals surface area contributed by atoms with Gasteiger partial charge in [-0.2, -0.15) is 0 Å². The molecule has 0 aliphatic heterocycles. The third-order valence-electron chi connectivity index (χ3n) is 6.90. The molecule has 2 unspecified atom stereocenters. The highest BCUT2D eigenvalue weighted by molar-refractivity contribution is 5.97. The van der Waals surface area contributed by atoms with Gasteiger partial charge in [-0.3, -0.25) is 24.1 Å². The molecule has 0 saturated carbocycles. The van der Waals surface area contributed by atoms with Gasteiger partial charge in [-0.15, -0.1) is 0 Å². The minimum absolute atomic E-state index is 0.0859. The molecule has 3 atom stereocenters. The van der Waals surface area contributed by atoms with Gasteiger partial charge in [0, 0.05) is 32.7 Å². The van der Waals surface area contributed by atoms with Gasteiger partial charge in [0.15, 0.2) is 0 Å². The van der Waals surface area contributed by atoms with Crippen molar-refractivity contribution in [2.24, 2.45) is 23.5 Å². The number of nitrogens with two attached hydrogens (primary N) is 1. The number of urea groups is 1. The monoisotopic (exact) mass is 633 g/mol. The van der Waals surface area contributed by atoms with Crippen molar-refractivity contribution in [1.82, 2.24) is 26.2 Å². The van der Waals surface area contributed by atoms with E-state index in [1.54, 1.807) is 38.1 Å². The number of rotatable bonds is 17. The third kappa shape index (κ3) is 13.9. The Hall–Kier alpha value is -4.36. The molecule has 14 heteroatoms. The molecule has 0 aliphatic carbocycles. The number of amides is 7. The first kappa shape index (κ1) is 38.7. The Labute approximate surface area is 265 Å². The SMILES string of the molecule is CNC(=O)C(NC(=O)C(C(C)C)N(C)C(=O)OCc1ccc(NC(=O)[C@H](CCCNC(N)=O)NC(=O)CC(C)C)cc1)C(C)C. The number of anilines is 1. The molecule has 0 saturated heterocycles. The second kappa shape index (κ2) is 19.1. The molecule has 0 aliphatic rings. The van der Waals surface area contributed by atoms with Crippen LogP contribution in [0.3, 0.4) is 0 Å². The van der Waals surface area contributed by atoms with Gasteiger partial charge in [-0.1, -0.05) is 53.7 Å². The molecule has 1 aromatic carbocycles. The van der Waals surface area contributed by atoms with Crippen LogP contribution in [0, 0.1) is 17.8 Å². The van der Waals surface area contributed by atoms with Gasteiger partial charge in [0.2, 0.25) is 23.6 Å². The first-order chi connectivity index (χ1) is 21.1. The van der Waals surface area contributed by atoms with E-state index in [1.807, 2.05) is 27.7 Å². The molecule has 45 heavy (non-hydrogen) atoms. The van der Waals surface area contributed by atoms with Crippen LogP contribution in [0.1, 0.15) is 66.4 Å². The molecule has 0 fully saturated rings. The maximum atomic E-state index is 13.1. The summed E-state index contributed by atoms with van der Waals surface area (Å²) in [6.45, 7) is 11.2. The van der Waals surface area contributed by atoms with E-state index < -0.39 is 42.1 Å². The third-order valence-corrected chi connectivity index (χ3v) is 6.90. The minimum atomic E-state index is -0.874. The molecule has 0 heterocycles. The van der Waals surface area contributed by atoms with Gasteiger partial charge >= 0.3 is 12.1 Å². The summed E-state index contributed by atoms with van der Waals surface area (Å²) in [5.74, 6) is -1.76. The van der Waals surface area contributed by atoms with Crippen LogP contribution in [0.4, 0.5) is 15.3 Å². The standard InChI is InChI=1S/C31H51N7O7/c1-18(2)16-24(39)36-23(10-9-15-34-30(32)43)27(40)35-22-13-11-21(12-14-22)17-45-31(44)38(8)26(20(5)6)29(42)37-25(19(3)4)28(41)33-7/h11-14,18-20,23,25-26H,9-10,15-17H2,1-8H3,(H,33,41)(H,35,40)(H,36,39)(H,37,42)(H3,32,34,43)/t23-,25?,26?/m0/s1. The van der Waals surface area contributed by atoms with Crippen molar-refractivity contribution in [3.8, 4) is 0 Å². The quantitative estimate of drug-likeness (QED) is 0.141. The molecule has 7 amide bonds. The molecular formula is C31H51N7O7. The zero-order chi connectivity index (χ0) is 34.3. The summed E-state index contributed by atoms with van der Waals surface area (Å²) in [6, 6.07) is 3.52. The number of nitrogens with one attached hydrogen (secondary N) is 5. The van der Waals surface area contributed by atoms with E-state index in [4.69, 9.17) is 10.5 Å². The lowest BCUT2D eigenvalue weighted by Gasteiger charge is -2.31. The highest BCUT2D eigenvalue weighted by atomic mass is 16.6. The number of carbonyl (C=O) groups is 6. The Bertz CT molecular complexity index is 1160. The zero-order valence-corrected chi connectivity index (χ0v) is 27.7. The van der Waals surface area contributed by atoms with Crippen LogP contribution in [-0.4, -0.2) is 79.4 Å². The van der Waals surface area contributed by atoms with Crippen molar-refractivity contribution in [2.75, 3.05) is 26.0 Å². The summed E-state index contributed by atoms with van der Waals surface area (Å²) in [7, 11) is 2.96. The molecular weight excluding hydrogens is 582 g/mol. The largest absolute Gasteiger partial charge is 0.445 e. The molecule has 1 rings (SSSR count).